The second-order valence-electron chi connectivity index (χ2n) is 9.12. The molecule has 5 nitrogen and oxygen atoms in total. The van der Waals surface area contributed by atoms with E-state index in [1.54, 1.807) is 6.07 Å². The first-order valence-electron chi connectivity index (χ1n) is 11.0. The molecule has 0 bridgehead atoms. The molecule has 1 spiro atoms. The van der Waals surface area contributed by atoms with E-state index in [0.29, 0.717) is 50.3 Å². The monoisotopic (exact) mass is 457 g/mol. The first-order chi connectivity index (χ1) is 15.7. The number of hydrogen-bond acceptors (Lipinski definition) is 4. The number of alkyl halides is 3. The molecule has 0 aromatic heterocycles. The first kappa shape index (κ1) is 23.1. The predicted octanol–water partition coefficient (Wildman–Crippen LogP) is 4.24. The molecule has 2 aliphatic rings. The lowest BCUT2D eigenvalue weighted by atomic mass is 9.71. The number of carbonyl (C=O) groups is 1. The number of carbonyl (C=O) groups excluding carboxylic acids is 1. The molecule has 2 aliphatic heterocycles. The van der Waals surface area contributed by atoms with Gasteiger partial charge in [-0.15, -0.1) is 0 Å². The molecule has 1 N–H and O–H groups in total. The van der Waals surface area contributed by atoms with Gasteiger partial charge in [0.25, 0.3) is 5.91 Å². The van der Waals surface area contributed by atoms with E-state index in [-0.39, 0.29) is 23.8 Å². The lowest BCUT2D eigenvalue weighted by Crippen LogP contribution is -2.47. The molecule has 1 atom stereocenters. The standard InChI is InChI=1S/C25H26F3N3O2/c1-17-2-4-18(5-3-17)23(33)30-10-8-24(9-11-30)16-31(14-20(24)15-32)21-7-6-19(13-29)22(12-21)25(26,27)28/h2-7,12,20,32H,8-11,14-16H2,1H3. The van der Waals surface area contributed by atoms with Crippen molar-refractivity contribution in [1.29, 1.82) is 5.26 Å². The summed E-state index contributed by atoms with van der Waals surface area (Å²) >= 11 is 0. The van der Waals surface area contributed by atoms with Gasteiger partial charge in [-0.1, -0.05) is 17.7 Å². The van der Waals surface area contributed by atoms with Crippen molar-refractivity contribution in [3.8, 4) is 6.07 Å². The number of hydrogen-bond donors (Lipinski definition) is 1. The molecule has 2 aromatic rings. The molecule has 0 saturated carbocycles. The Morgan fingerprint density at radius 3 is 2.42 bits per heavy atom. The Morgan fingerprint density at radius 2 is 1.85 bits per heavy atom. The SMILES string of the molecule is Cc1ccc(C(=O)N2CCC3(CC2)CN(c2ccc(C#N)c(C(F)(F)F)c2)CC3CO)cc1. The fraction of sp³-hybridized carbons (Fsp3) is 0.440. The van der Waals surface area contributed by atoms with Gasteiger partial charge in [0.1, 0.15) is 0 Å². The normalized spacial score (nSPS) is 20.2. The zero-order chi connectivity index (χ0) is 23.8. The third-order valence-corrected chi connectivity index (χ3v) is 7.17. The Bertz CT molecular complexity index is 1070. The number of anilines is 1. The molecule has 4 rings (SSSR count). The number of aryl methyl sites for hydroxylation is 1. The second-order valence-corrected chi connectivity index (χ2v) is 9.12. The number of likely N-dealkylation sites (tertiary alicyclic amines) is 1. The Hall–Kier alpha value is -3.05. The van der Waals surface area contributed by atoms with Gasteiger partial charge >= 0.3 is 6.18 Å². The molecule has 0 radical (unpaired) electrons. The van der Waals surface area contributed by atoms with Gasteiger partial charge in [0.15, 0.2) is 0 Å². The first-order valence-corrected chi connectivity index (χ1v) is 11.0. The molecule has 33 heavy (non-hydrogen) atoms. The van der Waals surface area contributed by atoms with Crippen LogP contribution in [0.2, 0.25) is 0 Å². The summed E-state index contributed by atoms with van der Waals surface area (Å²) in [5.74, 6) is -0.124. The van der Waals surface area contributed by atoms with Crippen molar-refractivity contribution >= 4 is 11.6 Å². The zero-order valence-electron chi connectivity index (χ0n) is 18.4. The van der Waals surface area contributed by atoms with E-state index in [2.05, 4.69) is 0 Å². The summed E-state index contributed by atoms with van der Waals surface area (Å²) < 4.78 is 40.3. The summed E-state index contributed by atoms with van der Waals surface area (Å²) in [5.41, 5.74) is 0.502. The van der Waals surface area contributed by atoms with Crippen LogP contribution >= 0.6 is 0 Å². The highest BCUT2D eigenvalue weighted by atomic mass is 19.4. The number of piperidine rings is 1. The summed E-state index contributed by atoms with van der Waals surface area (Å²) in [7, 11) is 0. The Morgan fingerprint density at radius 1 is 1.18 bits per heavy atom. The van der Waals surface area contributed by atoms with Crippen LogP contribution in [0.25, 0.3) is 0 Å². The fourth-order valence-electron chi connectivity index (χ4n) is 5.14. The van der Waals surface area contributed by atoms with E-state index in [9.17, 15) is 23.1 Å². The van der Waals surface area contributed by atoms with Crippen molar-refractivity contribution in [1.82, 2.24) is 4.90 Å². The predicted molar refractivity (Wildman–Crippen MR) is 118 cm³/mol. The van der Waals surface area contributed by atoms with Crippen molar-refractivity contribution in [3.05, 3.63) is 64.7 Å². The number of halogens is 3. The quantitative estimate of drug-likeness (QED) is 0.749. The van der Waals surface area contributed by atoms with Gasteiger partial charge in [0, 0.05) is 50.0 Å². The zero-order valence-corrected chi connectivity index (χ0v) is 18.4. The molecule has 174 valence electrons. The van der Waals surface area contributed by atoms with Gasteiger partial charge in [-0.25, -0.2) is 0 Å². The van der Waals surface area contributed by atoms with E-state index in [0.717, 1.165) is 11.6 Å². The van der Waals surface area contributed by atoms with E-state index in [1.807, 2.05) is 41.0 Å². The minimum atomic E-state index is -4.61. The number of nitriles is 1. The van der Waals surface area contributed by atoms with Crippen LogP contribution < -0.4 is 4.90 Å². The lowest BCUT2D eigenvalue weighted by Gasteiger charge is -2.42. The highest BCUT2D eigenvalue weighted by Crippen LogP contribution is 2.46. The number of amides is 1. The van der Waals surface area contributed by atoms with E-state index in [1.165, 1.54) is 12.1 Å². The van der Waals surface area contributed by atoms with Crippen LogP contribution in [0.4, 0.5) is 18.9 Å². The average Bonchev–Trinajstić information content (AvgIpc) is 3.16. The molecule has 2 aromatic carbocycles. The minimum Gasteiger partial charge on any atom is -0.396 e. The Labute approximate surface area is 191 Å². The highest BCUT2D eigenvalue weighted by Gasteiger charge is 2.48. The maximum absolute atomic E-state index is 13.4. The average molecular weight is 457 g/mol. The number of aliphatic hydroxyl groups excluding tert-OH is 1. The van der Waals surface area contributed by atoms with Gasteiger partial charge in [0.2, 0.25) is 0 Å². The summed E-state index contributed by atoms with van der Waals surface area (Å²) in [6.07, 6.45) is -3.26. The van der Waals surface area contributed by atoms with Crippen LogP contribution in [0, 0.1) is 29.6 Å². The van der Waals surface area contributed by atoms with Crippen molar-refractivity contribution in [3.63, 3.8) is 0 Å². The number of benzene rings is 2. The molecular formula is C25H26F3N3O2. The lowest BCUT2D eigenvalue weighted by molar-refractivity contribution is -0.137. The van der Waals surface area contributed by atoms with Crippen molar-refractivity contribution in [2.24, 2.45) is 11.3 Å². The van der Waals surface area contributed by atoms with Gasteiger partial charge in [-0.05, 0) is 55.5 Å². The van der Waals surface area contributed by atoms with Crippen molar-refractivity contribution in [2.75, 3.05) is 37.7 Å². The summed E-state index contributed by atoms with van der Waals surface area (Å²) in [5, 5.41) is 19.1. The summed E-state index contributed by atoms with van der Waals surface area (Å²) in [4.78, 5) is 16.6. The third kappa shape index (κ3) is 4.42. The largest absolute Gasteiger partial charge is 0.417 e. The van der Waals surface area contributed by atoms with Crippen molar-refractivity contribution in [2.45, 2.75) is 25.9 Å². The summed E-state index contributed by atoms with van der Waals surface area (Å²) in [6.45, 7) is 3.92. The second kappa shape index (κ2) is 8.71. The maximum atomic E-state index is 13.4. The van der Waals surface area contributed by atoms with E-state index < -0.39 is 17.3 Å². The highest BCUT2D eigenvalue weighted by molar-refractivity contribution is 5.94. The smallest absolute Gasteiger partial charge is 0.396 e. The molecule has 8 heteroatoms. The maximum Gasteiger partial charge on any atom is 0.417 e. The van der Waals surface area contributed by atoms with Crippen molar-refractivity contribution < 1.29 is 23.1 Å². The molecule has 2 fully saturated rings. The van der Waals surface area contributed by atoms with Gasteiger partial charge < -0.3 is 14.9 Å². The van der Waals surface area contributed by atoms with Crippen LogP contribution in [0.5, 0.6) is 0 Å². The molecule has 2 heterocycles. The topological polar surface area (TPSA) is 67.6 Å². The van der Waals surface area contributed by atoms with Crippen LogP contribution in [0.1, 0.15) is 39.9 Å². The van der Waals surface area contributed by atoms with Gasteiger partial charge in [-0.2, -0.15) is 18.4 Å². The molecule has 2 saturated heterocycles. The van der Waals surface area contributed by atoms with Crippen LogP contribution in [0.3, 0.4) is 0 Å². The molecule has 0 aliphatic carbocycles. The van der Waals surface area contributed by atoms with E-state index >= 15 is 0 Å². The number of rotatable bonds is 3. The van der Waals surface area contributed by atoms with E-state index in [4.69, 9.17) is 5.26 Å². The molecular weight excluding hydrogens is 431 g/mol. The Balaban J connectivity index is 1.51. The number of nitrogens with zero attached hydrogens (tertiary/aromatic N) is 3. The van der Waals surface area contributed by atoms with Crippen LogP contribution in [0.15, 0.2) is 42.5 Å². The summed E-state index contributed by atoms with van der Waals surface area (Å²) in [6, 6.07) is 12.8. The molecule has 1 unspecified atom stereocenters. The van der Waals surface area contributed by atoms with Gasteiger partial charge in [0.05, 0.1) is 17.2 Å². The van der Waals surface area contributed by atoms with Gasteiger partial charge in [-0.3, -0.25) is 4.79 Å². The molecule has 1 amide bonds. The minimum absolute atomic E-state index is 0.0258. The van der Waals surface area contributed by atoms with Crippen LogP contribution in [-0.4, -0.2) is 48.7 Å². The fourth-order valence-corrected chi connectivity index (χ4v) is 5.14. The Kier molecular flexibility index (Phi) is 6.10. The number of aliphatic hydroxyl groups is 1. The van der Waals surface area contributed by atoms with Crippen LogP contribution in [-0.2, 0) is 6.18 Å². The third-order valence-electron chi connectivity index (χ3n) is 7.17.